The molecule has 0 bridgehead atoms. The van der Waals surface area contributed by atoms with Gasteiger partial charge in [-0.05, 0) is 24.0 Å². The molecule has 3 aromatic rings. The molecule has 0 radical (unpaired) electrons. The van der Waals surface area contributed by atoms with Crippen molar-refractivity contribution in [3.8, 4) is 0 Å². The first kappa shape index (κ1) is 18.1. The van der Waals surface area contributed by atoms with Gasteiger partial charge in [0.2, 0.25) is 0 Å². The van der Waals surface area contributed by atoms with Crippen LogP contribution < -0.4 is 5.32 Å². The van der Waals surface area contributed by atoms with Gasteiger partial charge in [0.25, 0.3) is 11.6 Å². The predicted molar refractivity (Wildman–Crippen MR) is 104 cm³/mol. The molecule has 6 nitrogen and oxygen atoms in total. The highest BCUT2D eigenvalue weighted by molar-refractivity contribution is 7.98. The zero-order valence-corrected chi connectivity index (χ0v) is 15.5. The third-order valence-corrected chi connectivity index (χ3v) is 5.33. The van der Waals surface area contributed by atoms with E-state index >= 15 is 0 Å². The number of amides is 1. The molecule has 132 valence electrons. The number of nitro benzene ring substituents is 1. The lowest BCUT2D eigenvalue weighted by Crippen LogP contribution is -2.12. The van der Waals surface area contributed by atoms with Crippen molar-refractivity contribution < 1.29 is 9.72 Å². The summed E-state index contributed by atoms with van der Waals surface area (Å²) in [4.78, 5) is 28.8. The highest BCUT2D eigenvalue weighted by Gasteiger charge is 2.17. The Balaban J connectivity index is 1.72. The van der Waals surface area contributed by atoms with Gasteiger partial charge in [0.1, 0.15) is 0 Å². The lowest BCUT2D eigenvalue weighted by Gasteiger charge is -2.04. The van der Waals surface area contributed by atoms with Gasteiger partial charge in [-0.3, -0.25) is 20.2 Å². The van der Waals surface area contributed by atoms with Crippen LogP contribution in [0, 0.1) is 10.1 Å². The molecule has 26 heavy (non-hydrogen) atoms. The Kier molecular flexibility index (Phi) is 5.65. The van der Waals surface area contributed by atoms with Crippen molar-refractivity contribution in [1.29, 1.82) is 0 Å². The Morgan fingerprint density at radius 2 is 2.04 bits per heavy atom. The summed E-state index contributed by atoms with van der Waals surface area (Å²) in [6.45, 7) is 0. The van der Waals surface area contributed by atoms with E-state index < -0.39 is 10.8 Å². The zero-order valence-electron chi connectivity index (χ0n) is 13.8. The maximum absolute atomic E-state index is 12.4. The van der Waals surface area contributed by atoms with E-state index in [-0.39, 0.29) is 11.3 Å². The first-order valence-corrected chi connectivity index (χ1v) is 9.73. The van der Waals surface area contributed by atoms with Gasteiger partial charge in [0.15, 0.2) is 5.13 Å². The average molecular weight is 385 g/mol. The molecule has 0 atom stereocenters. The number of aromatic nitrogens is 1. The Bertz CT molecular complexity index is 942. The molecule has 2 aromatic carbocycles. The Morgan fingerprint density at radius 1 is 1.27 bits per heavy atom. The molecule has 0 aliphatic carbocycles. The lowest BCUT2D eigenvalue weighted by molar-refractivity contribution is -0.387. The van der Waals surface area contributed by atoms with E-state index in [1.165, 1.54) is 29.2 Å². The van der Waals surface area contributed by atoms with Gasteiger partial charge in [0, 0.05) is 29.1 Å². The second kappa shape index (κ2) is 8.11. The van der Waals surface area contributed by atoms with Crippen LogP contribution in [0.1, 0.15) is 20.8 Å². The normalized spacial score (nSPS) is 10.5. The van der Waals surface area contributed by atoms with E-state index in [1.54, 1.807) is 24.6 Å². The summed E-state index contributed by atoms with van der Waals surface area (Å²) >= 11 is 2.66. The summed E-state index contributed by atoms with van der Waals surface area (Å²) < 4.78 is 0. The number of anilines is 1. The van der Waals surface area contributed by atoms with E-state index in [0.29, 0.717) is 10.0 Å². The Hall–Kier alpha value is -2.71. The third kappa shape index (κ3) is 4.27. The monoisotopic (exact) mass is 385 g/mol. The summed E-state index contributed by atoms with van der Waals surface area (Å²) in [5, 5.41) is 14.3. The molecule has 1 N–H and O–H groups in total. The molecule has 3 rings (SSSR count). The Labute approximate surface area is 158 Å². The van der Waals surface area contributed by atoms with Crippen LogP contribution in [0.3, 0.4) is 0 Å². The molecule has 1 amide bonds. The Morgan fingerprint density at radius 3 is 2.73 bits per heavy atom. The van der Waals surface area contributed by atoms with Crippen molar-refractivity contribution in [3.05, 3.63) is 80.8 Å². The molecular formula is C18H15N3O3S2. The quantitative estimate of drug-likeness (QED) is 0.380. The standard InChI is InChI=1S/C18H15N3O3S2/c1-25-16-8-7-13(10-15(16)21(23)24)17(22)20-18-19-11-14(26-18)9-12-5-3-2-4-6-12/h2-8,10-11H,9H2,1H3,(H,19,20,22). The molecule has 0 fully saturated rings. The summed E-state index contributed by atoms with van der Waals surface area (Å²) in [6, 6.07) is 14.4. The number of rotatable bonds is 6. The van der Waals surface area contributed by atoms with E-state index in [1.807, 2.05) is 30.3 Å². The second-order valence-electron chi connectivity index (χ2n) is 5.39. The number of nitro groups is 1. The smallest absolute Gasteiger partial charge is 0.283 e. The second-order valence-corrected chi connectivity index (χ2v) is 7.36. The molecule has 0 aliphatic rings. The van der Waals surface area contributed by atoms with Crippen LogP contribution >= 0.6 is 23.1 Å². The van der Waals surface area contributed by atoms with Crippen LogP contribution in [0.15, 0.2) is 59.6 Å². The number of carbonyl (C=O) groups excluding carboxylic acids is 1. The number of hydrogen-bond donors (Lipinski definition) is 1. The molecule has 0 spiro atoms. The van der Waals surface area contributed by atoms with E-state index in [0.717, 1.165) is 16.9 Å². The number of thioether (sulfide) groups is 1. The number of benzene rings is 2. The first-order chi connectivity index (χ1) is 12.6. The fraction of sp³-hybridized carbons (Fsp3) is 0.111. The molecule has 8 heteroatoms. The van der Waals surface area contributed by atoms with Crippen LogP contribution in [-0.4, -0.2) is 22.1 Å². The van der Waals surface area contributed by atoms with Gasteiger partial charge >= 0.3 is 0 Å². The SMILES string of the molecule is CSc1ccc(C(=O)Nc2ncc(Cc3ccccc3)s2)cc1[N+](=O)[O-]. The molecule has 0 unspecified atom stereocenters. The molecule has 1 heterocycles. The molecule has 1 aromatic heterocycles. The van der Waals surface area contributed by atoms with Crippen LogP contribution in [0.2, 0.25) is 0 Å². The fourth-order valence-corrected chi connectivity index (χ4v) is 3.78. The van der Waals surface area contributed by atoms with Crippen molar-refractivity contribution in [2.24, 2.45) is 0 Å². The highest BCUT2D eigenvalue weighted by Crippen LogP contribution is 2.29. The van der Waals surface area contributed by atoms with Gasteiger partial charge in [-0.2, -0.15) is 0 Å². The fourth-order valence-electron chi connectivity index (χ4n) is 2.39. The summed E-state index contributed by atoms with van der Waals surface area (Å²) in [5.41, 5.74) is 1.32. The summed E-state index contributed by atoms with van der Waals surface area (Å²) in [5.74, 6) is -0.415. The van der Waals surface area contributed by atoms with Gasteiger partial charge in [-0.15, -0.1) is 23.1 Å². The van der Waals surface area contributed by atoms with Crippen LogP contribution in [0.5, 0.6) is 0 Å². The van der Waals surface area contributed by atoms with Crippen molar-refractivity contribution in [2.75, 3.05) is 11.6 Å². The van der Waals surface area contributed by atoms with E-state index in [2.05, 4.69) is 10.3 Å². The molecule has 0 saturated carbocycles. The topological polar surface area (TPSA) is 85.1 Å². The van der Waals surface area contributed by atoms with Crippen molar-refractivity contribution in [1.82, 2.24) is 4.98 Å². The zero-order chi connectivity index (χ0) is 18.5. The number of thiazole rings is 1. The highest BCUT2D eigenvalue weighted by atomic mass is 32.2. The van der Waals surface area contributed by atoms with Crippen LogP contribution in [-0.2, 0) is 6.42 Å². The molecule has 0 saturated heterocycles. The predicted octanol–water partition coefficient (Wildman–Crippen LogP) is 4.62. The first-order valence-electron chi connectivity index (χ1n) is 7.69. The minimum atomic E-state index is -0.482. The molecular weight excluding hydrogens is 370 g/mol. The number of hydrogen-bond acceptors (Lipinski definition) is 6. The van der Waals surface area contributed by atoms with Crippen LogP contribution in [0.25, 0.3) is 0 Å². The maximum atomic E-state index is 12.4. The summed E-state index contributed by atoms with van der Waals surface area (Å²) in [6.07, 6.45) is 4.22. The largest absolute Gasteiger partial charge is 0.298 e. The van der Waals surface area contributed by atoms with E-state index in [9.17, 15) is 14.9 Å². The van der Waals surface area contributed by atoms with Gasteiger partial charge in [-0.25, -0.2) is 4.98 Å². The number of nitrogens with one attached hydrogen (secondary N) is 1. The van der Waals surface area contributed by atoms with Gasteiger partial charge in [0.05, 0.1) is 9.82 Å². The average Bonchev–Trinajstić information content (AvgIpc) is 3.08. The minimum Gasteiger partial charge on any atom is -0.298 e. The third-order valence-electron chi connectivity index (χ3n) is 3.63. The maximum Gasteiger partial charge on any atom is 0.283 e. The van der Waals surface area contributed by atoms with Crippen molar-refractivity contribution in [3.63, 3.8) is 0 Å². The van der Waals surface area contributed by atoms with Crippen LogP contribution in [0.4, 0.5) is 10.8 Å². The minimum absolute atomic E-state index is 0.0749. The number of nitrogens with zero attached hydrogens (tertiary/aromatic N) is 2. The lowest BCUT2D eigenvalue weighted by atomic mass is 10.1. The van der Waals surface area contributed by atoms with E-state index in [4.69, 9.17) is 0 Å². The van der Waals surface area contributed by atoms with Crippen molar-refractivity contribution in [2.45, 2.75) is 11.3 Å². The summed E-state index contributed by atoms with van der Waals surface area (Å²) in [7, 11) is 0. The van der Waals surface area contributed by atoms with Crippen molar-refractivity contribution >= 4 is 39.8 Å². The van der Waals surface area contributed by atoms with Gasteiger partial charge < -0.3 is 0 Å². The van der Waals surface area contributed by atoms with Gasteiger partial charge in [-0.1, -0.05) is 30.3 Å². The molecule has 0 aliphatic heterocycles. The number of carbonyl (C=O) groups is 1.